The molecule has 0 spiro atoms. The zero-order valence-electron chi connectivity index (χ0n) is 12.9. The van der Waals surface area contributed by atoms with Crippen LogP contribution in [0, 0.1) is 6.92 Å². The molecular formula is C17H20O4. The number of aryl methyl sites for hydroxylation is 2. The standard InChI is InChI=1S/C17H20O4/c1-5-6-13-9-16(19)21-17-10(2)15(8-7-14(13)17)20-12(4)11(3)18/h7-9,12H,5-6H2,1-4H3. The highest BCUT2D eigenvalue weighted by atomic mass is 16.5. The second kappa shape index (κ2) is 6.12. The molecule has 0 amide bonds. The van der Waals surface area contributed by atoms with Crippen LogP contribution >= 0.6 is 0 Å². The quantitative estimate of drug-likeness (QED) is 0.791. The molecule has 4 heteroatoms. The predicted octanol–water partition coefficient (Wildman–Crippen LogP) is 3.41. The van der Waals surface area contributed by atoms with Gasteiger partial charge in [0.05, 0.1) is 0 Å². The molecule has 112 valence electrons. The molecule has 0 bridgehead atoms. The van der Waals surface area contributed by atoms with Gasteiger partial charge in [0.2, 0.25) is 0 Å². The van der Waals surface area contributed by atoms with Crippen LogP contribution in [0.15, 0.2) is 27.4 Å². The van der Waals surface area contributed by atoms with Crippen LogP contribution < -0.4 is 10.4 Å². The van der Waals surface area contributed by atoms with Gasteiger partial charge in [0.1, 0.15) is 11.3 Å². The van der Waals surface area contributed by atoms with Crippen molar-refractivity contribution in [1.82, 2.24) is 0 Å². The number of ether oxygens (including phenoxy) is 1. The number of carbonyl (C=O) groups is 1. The number of fused-ring (bicyclic) bond motifs is 1. The Kier molecular flexibility index (Phi) is 4.46. The molecule has 1 aromatic heterocycles. The Bertz CT molecular complexity index is 727. The van der Waals surface area contributed by atoms with Gasteiger partial charge in [-0.05, 0) is 44.9 Å². The summed E-state index contributed by atoms with van der Waals surface area (Å²) in [6.07, 6.45) is 1.26. The molecule has 2 rings (SSSR count). The minimum absolute atomic E-state index is 0.0457. The normalized spacial score (nSPS) is 12.4. The largest absolute Gasteiger partial charge is 0.483 e. The summed E-state index contributed by atoms with van der Waals surface area (Å²) in [4.78, 5) is 23.0. The Morgan fingerprint density at radius 1 is 1.38 bits per heavy atom. The first-order chi connectivity index (χ1) is 9.93. The van der Waals surface area contributed by atoms with Crippen LogP contribution in [0.1, 0.15) is 38.3 Å². The molecule has 0 aliphatic rings. The molecule has 0 fully saturated rings. The first kappa shape index (κ1) is 15.3. The fraction of sp³-hybridized carbons (Fsp3) is 0.412. The summed E-state index contributed by atoms with van der Waals surface area (Å²) >= 11 is 0. The highest BCUT2D eigenvalue weighted by Gasteiger charge is 2.15. The molecule has 1 atom stereocenters. The van der Waals surface area contributed by atoms with E-state index < -0.39 is 6.10 Å². The maximum absolute atomic E-state index is 11.7. The lowest BCUT2D eigenvalue weighted by Gasteiger charge is -2.15. The highest BCUT2D eigenvalue weighted by molar-refractivity contribution is 5.85. The fourth-order valence-corrected chi connectivity index (χ4v) is 2.29. The van der Waals surface area contributed by atoms with E-state index in [0.29, 0.717) is 11.3 Å². The third-order valence-electron chi connectivity index (χ3n) is 3.59. The molecule has 1 unspecified atom stereocenters. The minimum Gasteiger partial charge on any atom is -0.483 e. The lowest BCUT2D eigenvalue weighted by Crippen LogP contribution is -2.21. The first-order valence-corrected chi connectivity index (χ1v) is 7.17. The topological polar surface area (TPSA) is 56.5 Å². The maximum Gasteiger partial charge on any atom is 0.336 e. The fourth-order valence-electron chi connectivity index (χ4n) is 2.29. The first-order valence-electron chi connectivity index (χ1n) is 7.17. The van der Waals surface area contributed by atoms with E-state index in [2.05, 4.69) is 6.92 Å². The number of hydrogen-bond acceptors (Lipinski definition) is 4. The van der Waals surface area contributed by atoms with Gasteiger partial charge >= 0.3 is 5.63 Å². The van der Waals surface area contributed by atoms with Crippen LogP contribution in [-0.4, -0.2) is 11.9 Å². The van der Waals surface area contributed by atoms with Gasteiger partial charge in [-0.2, -0.15) is 0 Å². The second-order valence-corrected chi connectivity index (χ2v) is 5.28. The van der Waals surface area contributed by atoms with Crippen LogP contribution in [0.3, 0.4) is 0 Å². The minimum atomic E-state index is -0.522. The Labute approximate surface area is 123 Å². The monoisotopic (exact) mass is 288 g/mol. The zero-order valence-corrected chi connectivity index (χ0v) is 12.9. The van der Waals surface area contributed by atoms with Crippen molar-refractivity contribution in [3.05, 3.63) is 39.7 Å². The number of Topliss-reactive ketones (excluding diaryl/α,β-unsaturated/α-hetero) is 1. The van der Waals surface area contributed by atoms with E-state index in [1.807, 2.05) is 19.1 Å². The molecule has 0 N–H and O–H groups in total. The molecular weight excluding hydrogens is 268 g/mol. The van der Waals surface area contributed by atoms with Gasteiger partial charge in [0.15, 0.2) is 11.9 Å². The van der Waals surface area contributed by atoms with Crippen molar-refractivity contribution in [3.63, 3.8) is 0 Å². The Hall–Kier alpha value is -2.10. The van der Waals surface area contributed by atoms with Crippen LogP contribution in [0.5, 0.6) is 5.75 Å². The molecule has 1 heterocycles. The lowest BCUT2D eigenvalue weighted by molar-refractivity contribution is -0.122. The van der Waals surface area contributed by atoms with Crippen LogP contribution in [0.4, 0.5) is 0 Å². The summed E-state index contributed by atoms with van der Waals surface area (Å²) in [7, 11) is 0. The summed E-state index contributed by atoms with van der Waals surface area (Å²) < 4.78 is 11.0. The van der Waals surface area contributed by atoms with Crippen LogP contribution in [0.2, 0.25) is 0 Å². The van der Waals surface area contributed by atoms with Gasteiger partial charge in [-0.3, -0.25) is 4.79 Å². The van der Waals surface area contributed by atoms with E-state index >= 15 is 0 Å². The van der Waals surface area contributed by atoms with Gasteiger partial charge in [0.25, 0.3) is 0 Å². The maximum atomic E-state index is 11.7. The van der Waals surface area contributed by atoms with Crippen molar-refractivity contribution in [3.8, 4) is 5.75 Å². The van der Waals surface area contributed by atoms with Gasteiger partial charge in [0, 0.05) is 17.0 Å². The molecule has 4 nitrogen and oxygen atoms in total. The SMILES string of the molecule is CCCc1cc(=O)oc2c(C)c(OC(C)C(C)=O)ccc12. The van der Waals surface area contributed by atoms with E-state index in [1.165, 1.54) is 6.92 Å². The third kappa shape index (κ3) is 3.15. The van der Waals surface area contributed by atoms with Crippen molar-refractivity contribution < 1.29 is 13.9 Å². The predicted molar refractivity (Wildman–Crippen MR) is 82.0 cm³/mol. The van der Waals surface area contributed by atoms with Crippen LogP contribution in [-0.2, 0) is 11.2 Å². The van der Waals surface area contributed by atoms with E-state index in [9.17, 15) is 9.59 Å². The van der Waals surface area contributed by atoms with Gasteiger partial charge in [-0.1, -0.05) is 13.3 Å². The second-order valence-electron chi connectivity index (χ2n) is 5.28. The summed E-state index contributed by atoms with van der Waals surface area (Å²) in [6, 6.07) is 5.26. The molecule has 21 heavy (non-hydrogen) atoms. The van der Waals surface area contributed by atoms with Crippen molar-refractivity contribution in [2.24, 2.45) is 0 Å². The van der Waals surface area contributed by atoms with E-state index in [0.717, 1.165) is 29.4 Å². The van der Waals surface area contributed by atoms with E-state index in [1.54, 1.807) is 13.0 Å². The summed E-state index contributed by atoms with van der Waals surface area (Å²) in [5, 5.41) is 0.928. The lowest BCUT2D eigenvalue weighted by atomic mass is 10.0. The molecule has 0 aliphatic heterocycles. The Morgan fingerprint density at radius 3 is 2.71 bits per heavy atom. The smallest absolute Gasteiger partial charge is 0.336 e. The highest BCUT2D eigenvalue weighted by Crippen LogP contribution is 2.29. The molecule has 0 aliphatic carbocycles. The van der Waals surface area contributed by atoms with E-state index in [4.69, 9.17) is 9.15 Å². The number of benzene rings is 1. The number of ketones is 1. The molecule has 2 aromatic rings. The van der Waals surface area contributed by atoms with Crippen molar-refractivity contribution >= 4 is 16.8 Å². The number of rotatable bonds is 5. The van der Waals surface area contributed by atoms with Crippen molar-refractivity contribution in [2.75, 3.05) is 0 Å². The number of carbonyl (C=O) groups excluding carboxylic acids is 1. The van der Waals surface area contributed by atoms with Gasteiger partial charge < -0.3 is 9.15 Å². The number of hydrogen-bond donors (Lipinski definition) is 0. The molecule has 0 saturated carbocycles. The zero-order chi connectivity index (χ0) is 15.6. The van der Waals surface area contributed by atoms with Gasteiger partial charge in [-0.25, -0.2) is 4.79 Å². The van der Waals surface area contributed by atoms with Crippen LogP contribution in [0.25, 0.3) is 11.0 Å². The Balaban J connectivity index is 2.56. The molecule has 0 saturated heterocycles. The molecule has 0 radical (unpaired) electrons. The van der Waals surface area contributed by atoms with Crippen molar-refractivity contribution in [2.45, 2.75) is 46.6 Å². The summed E-state index contributed by atoms with van der Waals surface area (Å²) in [5.41, 5.74) is 1.92. The summed E-state index contributed by atoms with van der Waals surface area (Å²) in [5.74, 6) is 0.526. The average Bonchev–Trinajstić information content (AvgIpc) is 2.42. The van der Waals surface area contributed by atoms with Crippen molar-refractivity contribution in [1.29, 1.82) is 0 Å². The summed E-state index contributed by atoms with van der Waals surface area (Å²) in [6.45, 7) is 7.10. The molecule has 1 aromatic carbocycles. The average molecular weight is 288 g/mol. The van der Waals surface area contributed by atoms with Gasteiger partial charge in [-0.15, -0.1) is 0 Å². The Morgan fingerprint density at radius 2 is 2.10 bits per heavy atom. The van der Waals surface area contributed by atoms with E-state index in [-0.39, 0.29) is 11.4 Å². The third-order valence-corrected chi connectivity index (χ3v) is 3.59.